The minimum atomic E-state index is -0.262. The van der Waals surface area contributed by atoms with E-state index in [1.807, 2.05) is 0 Å². The van der Waals surface area contributed by atoms with Crippen LogP contribution < -0.4 is 0 Å². The van der Waals surface area contributed by atoms with Crippen LogP contribution in [0.5, 0.6) is 0 Å². The maximum absolute atomic E-state index is 6.43. The minimum Gasteiger partial charge on any atom is -0.375 e. The molecule has 2 saturated carbocycles. The van der Waals surface area contributed by atoms with E-state index >= 15 is 0 Å². The largest absolute Gasteiger partial charge is 0.375 e. The quantitative estimate of drug-likeness (QED) is 0.784. The number of rotatable bonds is 2. The summed E-state index contributed by atoms with van der Waals surface area (Å²) in [5, 5.41) is 0. The molecule has 21 heavy (non-hydrogen) atoms. The number of hydrogen-bond acceptors (Lipinski definition) is 4. The Labute approximate surface area is 127 Å². The zero-order chi connectivity index (χ0) is 14.2. The molecule has 4 fully saturated rings. The van der Waals surface area contributed by atoms with Gasteiger partial charge in [-0.3, -0.25) is 0 Å². The Balaban J connectivity index is 1.28. The summed E-state index contributed by atoms with van der Waals surface area (Å²) in [5.74, 6) is -0.262. The molecule has 2 saturated heterocycles. The number of hydrogen-bond donors (Lipinski definition) is 0. The van der Waals surface area contributed by atoms with Crippen LogP contribution in [0.15, 0.2) is 0 Å². The molecule has 2 spiro atoms. The van der Waals surface area contributed by atoms with Crippen LogP contribution >= 0.6 is 0 Å². The van der Waals surface area contributed by atoms with Gasteiger partial charge in [0, 0.05) is 25.9 Å². The predicted molar refractivity (Wildman–Crippen MR) is 78.1 cm³/mol. The molecule has 4 aliphatic rings. The molecule has 0 amide bonds. The molecule has 120 valence electrons. The summed E-state index contributed by atoms with van der Waals surface area (Å²) in [6.07, 6.45) is 12.2. The lowest BCUT2D eigenvalue weighted by Crippen LogP contribution is -2.43. The molecular formula is C17H28O4. The zero-order valence-electron chi connectivity index (χ0n) is 13.0. The van der Waals surface area contributed by atoms with Crippen molar-refractivity contribution in [2.24, 2.45) is 0 Å². The second-order valence-corrected chi connectivity index (χ2v) is 7.30. The first-order valence-electron chi connectivity index (χ1n) is 8.85. The van der Waals surface area contributed by atoms with Crippen LogP contribution in [-0.2, 0) is 18.9 Å². The topological polar surface area (TPSA) is 36.9 Å². The molecule has 0 aromatic rings. The van der Waals surface area contributed by atoms with Gasteiger partial charge in [-0.15, -0.1) is 0 Å². The van der Waals surface area contributed by atoms with Crippen molar-refractivity contribution in [2.45, 2.75) is 87.8 Å². The second-order valence-electron chi connectivity index (χ2n) is 7.30. The summed E-state index contributed by atoms with van der Waals surface area (Å²) in [7, 11) is 0. The fraction of sp³-hybridized carbons (Fsp3) is 1.00. The third-order valence-corrected chi connectivity index (χ3v) is 5.86. The van der Waals surface area contributed by atoms with Gasteiger partial charge in [0.1, 0.15) is 0 Å². The summed E-state index contributed by atoms with van der Waals surface area (Å²) in [4.78, 5) is 0. The summed E-state index contributed by atoms with van der Waals surface area (Å²) in [6, 6.07) is 0. The fourth-order valence-electron chi connectivity index (χ4n) is 4.69. The van der Waals surface area contributed by atoms with E-state index in [4.69, 9.17) is 18.9 Å². The van der Waals surface area contributed by atoms with Crippen LogP contribution in [0.2, 0.25) is 0 Å². The predicted octanol–water partition coefficient (Wildman–Crippen LogP) is 3.18. The highest BCUT2D eigenvalue weighted by Crippen LogP contribution is 2.42. The third kappa shape index (κ3) is 3.00. The van der Waals surface area contributed by atoms with Crippen molar-refractivity contribution in [1.29, 1.82) is 0 Å². The lowest BCUT2D eigenvalue weighted by molar-refractivity contribution is -0.204. The van der Waals surface area contributed by atoms with E-state index < -0.39 is 0 Å². The maximum atomic E-state index is 6.43. The molecule has 0 aromatic heterocycles. The zero-order valence-corrected chi connectivity index (χ0v) is 13.0. The lowest BCUT2D eigenvalue weighted by atomic mass is 9.89. The highest BCUT2D eigenvalue weighted by atomic mass is 16.7. The molecule has 2 aliphatic heterocycles. The highest BCUT2D eigenvalue weighted by molar-refractivity contribution is 4.92. The van der Waals surface area contributed by atoms with Gasteiger partial charge in [0.2, 0.25) is 0 Å². The molecule has 0 radical (unpaired) electrons. The highest BCUT2D eigenvalue weighted by Gasteiger charge is 2.43. The van der Waals surface area contributed by atoms with Crippen LogP contribution in [0.4, 0.5) is 0 Å². The Hall–Kier alpha value is -0.160. The molecular weight excluding hydrogens is 268 g/mol. The molecule has 1 unspecified atom stereocenters. The first kappa shape index (κ1) is 14.4. The molecule has 4 heteroatoms. The minimum absolute atomic E-state index is 0.163. The van der Waals surface area contributed by atoms with Gasteiger partial charge in [0.25, 0.3) is 0 Å². The maximum Gasteiger partial charge on any atom is 0.168 e. The van der Waals surface area contributed by atoms with E-state index in [0.717, 1.165) is 58.3 Å². The average Bonchev–Trinajstić information content (AvgIpc) is 3.13. The third-order valence-electron chi connectivity index (χ3n) is 5.86. The Morgan fingerprint density at radius 3 is 2.14 bits per heavy atom. The van der Waals surface area contributed by atoms with E-state index in [1.54, 1.807) is 0 Å². The fourth-order valence-corrected chi connectivity index (χ4v) is 4.69. The SMILES string of the molecule is C1CCC2(C1)CC(OC1CCC3(CC1)OCCO3)CCO2. The first-order valence-corrected chi connectivity index (χ1v) is 8.85. The summed E-state index contributed by atoms with van der Waals surface area (Å²) >= 11 is 0. The molecule has 0 bridgehead atoms. The van der Waals surface area contributed by atoms with Crippen molar-refractivity contribution < 1.29 is 18.9 Å². The summed E-state index contributed by atoms with van der Waals surface area (Å²) < 4.78 is 24.1. The van der Waals surface area contributed by atoms with Gasteiger partial charge in [-0.1, -0.05) is 12.8 Å². The lowest BCUT2D eigenvalue weighted by Gasteiger charge is -2.41. The van der Waals surface area contributed by atoms with E-state index in [0.29, 0.717) is 12.2 Å². The smallest absolute Gasteiger partial charge is 0.168 e. The van der Waals surface area contributed by atoms with Gasteiger partial charge in [-0.2, -0.15) is 0 Å². The molecule has 2 heterocycles. The van der Waals surface area contributed by atoms with Crippen molar-refractivity contribution in [1.82, 2.24) is 0 Å². The molecule has 0 N–H and O–H groups in total. The van der Waals surface area contributed by atoms with Crippen LogP contribution in [0.25, 0.3) is 0 Å². The van der Waals surface area contributed by atoms with Crippen LogP contribution in [0, 0.1) is 0 Å². The molecule has 2 aliphatic carbocycles. The summed E-state index contributed by atoms with van der Waals surface area (Å²) in [6.45, 7) is 2.40. The van der Waals surface area contributed by atoms with Crippen LogP contribution in [0.3, 0.4) is 0 Å². The monoisotopic (exact) mass is 296 g/mol. The molecule has 4 rings (SSSR count). The van der Waals surface area contributed by atoms with E-state index in [1.165, 1.54) is 25.7 Å². The van der Waals surface area contributed by atoms with Gasteiger partial charge in [0.05, 0.1) is 31.0 Å². The van der Waals surface area contributed by atoms with Gasteiger partial charge < -0.3 is 18.9 Å². The van der Waals surface area contributed by atoms with E-state index in [2.05, 4.69) is 0 Å². The van der Waals surface area contributed by atoms with Crippen molar-refractivity contribution in [3.63, 3.8) is 0 Å². The van der Waals surface area contributed by atoms with Crippen LogP contribution in [0.1, 0.15) is 64.2 Å². The Kier molecular flexibility index (Phi) is 3.99. The van der Waals surface area contributed by atoms with E-state index in [9.17, 15) is 0 Å². The Bertz CT molecular complexity index is 348. The van der Waals surface area contributed by atoms with Crippen LogP contribution in [-0.4, -0.2) is 43.4 Å². The Morgan fingerprint density at radius 1 is 0.714 bits per heavy atom. The summed E-state index contributed by atoms with van der Waals surface area (Å²) in [5.41, 5.74) is 0.163. The van der Waals surface area contributed by atoms with Gasteiger partial charge >= 0.3 is 0 Å². The van der Waals surface area contributed by atoms with Gasteiger partial charge in [-0.25, -0.2) is 0 Å². The normalized spacial score (nSPS) is 35.7. The Morgan fingerprint density at radius 2 is 1.43 bits per heavy atom. The van der Waals surface area contributed by atoms with Crippen molar-refractivity contribution in [2.75, 3.05) is 19.8 Å². The molecule has 0 aromatic carbocycles. The second kappa shape index (κ2) is 5.80. The first-order chi connectivity index (χ1) is 10.3. The standard InChI is InChI=1S/C17H28O4/c1-2-7-16(6-1)13-15(5-10-18-16)21-14-3-8-17(9-4-14)19-11-12-20-17/h14-15H,1-13H2. The van der Waals surface area contributed by atoms with Gasteiger partial charge in [0.15, 0.2) is 5.79 Å². The van der Waals surface area contributed by atoms with Crippen molar-refractivity contribution in [3.05, 3.63) is 0 Å². The van der Waals surface area contributed by atoms with Crippen molar-refractivity contribution >= 4 is 0 Å². The average molecular weight is 296 g/mol. The number of ether oxygens (including phenoxy) is 4. The van der Waals surface area contributed by atoms with Crippen molar-refractivity contribution in [3.8, 4) is 0 Å². The van der Waals surface area contributed by atoms with Gasteiger partial charge in [-0.05, 0) is 32.1 Å². The van der Waals surface area contributed by atoms with E-state index in [-0.39, 0.29) is 11.4 Å². The molecule has 4 nitrogen and oxygen atoms in total. The molecule has 1 atom stereocenters.